The van der Waals surface area contributed by atoms with Crippen molar-refractivity contribution >= 4 is 11.8 Å². The predicted octanol–water partition coefficient (Wildman–Crippen LogP) is 1.80. The Kier molecular flexibility index (Phi) is 5.68. The molecule has 1 aromatic carbocycles. The molecule has 1 aromatic rings. The molecule has 0 saturated heterocycles. The van der Waals surface area contributed by atoms with Crippen molar-refractivity contribution in [3.05, 3.63) is 35.9 Å². The van der Waals surface area contributed by atoms with E-state index in [0.717, 1.165) is 17.9 Å². The fourth-order valence-electron chi connectivity index (χ4n) is 1.24. The second-order valence-corrected chi connectivity index (χ2v) is 4.37. The first-order valence-electron chi connectivity index (χ1n) is 4.83. The number of thioether (sulfide) groups is 1. The molecule has 0 radical (unpaired) electrons. The summed E-state index contributed by atoms with van der Waals surface area (Å²) in [5.74, 6) is 1.82. The molecule has 0 spiro atoms. The van der Waals surface area contributed by atoms with Crippen molar-refractivity contribution in [2.45, 2.75) is 12.5 Å². The van der Waals surface area contributed by atoms with E-state index >= 15 is 0 Å². The van der Waals surface area contributed by atoms with Crippen molar-refractivity contribution < 1.29 is 5.11 Å². The van der Waals surface area contributed by atoms with Crippen LogP contribution in [0.1, 0.15) is 18.0 Å². The molecule has 0 aliphatic heterocycles. The highest BCUT2D eigenvalue weighted by atomic mass is 32.2. The first kappa shape index (κ1) is 11.6. The van der Waals surface area contributed by atoms with Crippen LogP contribution >= 0.6 is 11.8 Å². The average Bonchev–Trinajstić information content (AvgIpc) is 2.25. The number of rotatable bonds is 6. The maximum absolute atomic E-state index is 8.60. The van der Waals surface area contributed by atoms with E-state index in [0.29, 0.717) is 0 Å². The summed E-state index contributed by atoms with van der Waals surface area (Å²) in [7, 11) is 0. The van der Waals surface area contributed by atoms with Gasteiger partial charge in [0.05, 0.1) is 6.61 Å². The van der Waals surface area contributed by atoms with Gasteiger partial charge in [-0.3, -0.25) is 0 Å². The topological polar surface area (TPSA) is 46.2 Å². The molecule has 0 fully saturated rings. The summed E-state index contributed by atoms with van der Waals surface area (Å²) in [6.07, 6.45) is 0.967. The molecule has 0 aliphatic carbocycles. The van der Waals surface area contributed by atoms with Gasteiger partial charge in [-0.05, 0) is 17.7 Å². The molecule has 3 N–H and O–H groups in total. The molecule has 0 heterocycles. The lowest BCUT2D eigenvalue weighted by molar-refractivity contribution is 0.322. The van der Waals surface area contributed by atoms with Crippen LogP contribution in [0.25, 0.3) is 0 Å². The fraction of sp³-hybridized carbons (Fsp3) is 0.455. The minimum absolute atomic E-state index is 0.127. The molecule has 2 nitrogen and oxygen atoms in total. The van der Waals surface area contributed by atoms with Gasteiger partial charge in [-0.1, -0.05) is 30.3 Å². The molecule has 0 amide bonds. The lowest BCUT2D eigenvalue weighted by atomic mass is 10.1. The van der Waals surface area contributed by atoms with E-state index in [1.165, 1.54) is 5.56 Å². The van der Waals surface area contributed by atoms with Gasteiger partial charge in [0.25, 0.3) is 0 Å². The van der Waals surface area contributed by atoms with Crippen LogP contribution in [0.2, 0.25) is 0 Å². The van der Waals surface area contributed by atoms with Gasteiger partial charge < -0.3 is 10.8 Å². The molecule has 78 valence electrons. The van der Waals surface area contributed by atoms with Crippen LogP contribution in [-0.4, -0.2) is 23.2 Å². The van der Waals surface area contributed by atoms with Gasteiger partial charge in [0.1, 0.15) is 0 Å². The standard InChI is InChI=1S/C11H17NOS/c12-11(6-8-14-9-7-13)10-4-2-1-3-5-10/h1-5,11,13H,6-9,12H2/t11-/m0/s1. The van der Waals surface area contributed by atoms with E-state index in [9.17, 15) is 0 Å². The smallest absolute Gasteiger partial charge is 0.0521 e. The number of hydrogen-bond donors (Lipinski definition) is 2. The molecule has 0 bridgehead atoms. The lowest BCUT2D eigenvalue weighted by Crippen LogP contribution is -2.11. The monoisotopic (exact) mass is 211 g/mol. The van der Waals surface area contributed by atoms with Gasteiger partial charge in [0.2, 0.25) is 0 Å². The molecule has 0 aliphatic rings. The maximum Gasteiger partial charge on any atom is 0.0521 e. The molecule has 1 atom stereocenters. The van der Waals surface area contributed by atoms with Crippen LogP contribution in [0.3, 0.4) is 0 Å². The Morgan fingerprint density at radius 2 is 1.93 bits per heavy atom. The van der Waals surface area contributed by atoms with E-state index in [1.807, 2.05) is 18.2 Å². The summed E-state index contributed by atoms with van der Waals surface area (Å²) in [5, 5.41) is 8.60. The van der Waals surface area contributed by atoms with Crippen molar-refractivity contribution in [3.63, 3.8) is 0 Å². The third kappa shape index (κ3) is 4.13. The molecule has 0 saturated carbocycles. The SMILES string of the molecule is N[C@@H](CCSCCO)c1ccccc1. The van der Waals surface area contributed by atoms with Crippen LogP contribution in [0.5, 0.6) is 0 Å². The maximum atomic E-state index is 8.60. The second kappa shape index (κ2) is 6.87. The Balaban J connectivity index is 2.25. The largest absolute Gasteiger partial charge is 0.396 e. The summed E-state index contributed by atoms with van der Waals surface area (Å²) in [6.45, 7) is 0.255. The van der Waals surface area contributed by atoms with Gasteiger partial charge in [0.15, 0.2) is 0 Å². The van der Waals surface area contributed by atoms with Crippen molar-refractivity contribution in [1.82, 2.24) is 0 Å². The summed E-state index contributed by atoms with van der Waals surface area (Å²) < 4.78 is 0. The van der Waals surface area contributed by atoms with E-state index in [1.54, 1.807) is 11.8 Å². The Morgan fingerprint density at radius 3 is 2.57 bits per heavy atom. The van der Waals surface area contributed by atoms with Gasteiger partial charge in [0, 0.05) is 11.8 Å². The highest BCUT2D eigenvalue weighted by Crippen LogP contribution is 2.15. The Hall–Kier alpha value is -0.510. The molecule has 1 rings (SSSR count). The quantitative estimate of drug-likeness (QED) is 0.705. The van der Waals surface area contributed by atoms with E-state index in [2.05, 4.69) is 12.1 Å². The van der Waals surface area contributed by atoms with Crippen LogP contribution in [0, 0.1) is 0 Å². The van der Waals surface area contributed by atoms with E-state index in [-0.39, 0.29) is 12.6 Å². The zero-order valence-corrected chi connectivity index (χ0v) is 9.04. The molecular formula is C11H17NOS. The number of hydrogen-bond acceptors (Lipinski definition) is 3. The van der Waals surface area contributed by atoms with Gasteiger partial charge in [-0.2, -0.15) is 11.8 Å². The summed E-state index contributed by atoms with van der Waals surface area (Å²) in [4.78, 5) is 0. The van der Waals surface area contributed by atoms with Crippen LogP contribution in [0.4, 0.5) is 0 Å². The number of aliphatic hydroxyl groups excluding tert-OH is 1. The summed E-state index contributed by atoms with van der Waals surface area (Å²) in [6, 6.07) is 10.3. The number of benzene rings is 1. The Labute approximate surface area is 89.5 Å². The minimum atomic E-state index is 0.127. The fourth-order valence-corrected chi connectivity index (χ4v) is 2.00. The third-order valence-electron chi connectivity index (χ3n) is 2.04. The molecule has 14 heavy (non-hydrogen) atoms. The van der Waals surface area contributed by atoms with Crippen molar-refractivity contribution in [1.29, 1.82) is 0 Å². The van der Waals surface area contributed by atoms with Crippen molar-refractivity contribution in [3.8, 4) is 0 Å². The average molecular weight is 211 g/mol. The molecule has 0 aromatic heterocycles. The first-order valence-corrected chi connectivity index (χ1v) is 5.99. The molecular weight excluding hydrogens is 194 g/mol. The third-order valence-corrected chi connectivity index (χ3v) is 3.03. The molecule has 3 heteroatoms. The summed E-state index contributed by atoms with van der Waals surface area (Å²) >= 11 is 1.75. The Morgan fingerprint density at radius 1 is 1.21 bits per heavy atom. The minimum Gasteiger partial charge on any atom is -0.396 e. The zero-order valence-electron chi connectivity index (χ0n) is 8.23. The van der Waals surface area contributed by atoms with Gasteiger partial charge >= 0.3 is 0 Å². The van der Waals surface area contributed by atoms with Gasteiger partial charge in [-0.15, -0.1) is 0 Å². The van der Waals surface area contributed by atoms with Crippen molar-refractivity contribution in [2.24, 2.45) is 5.73 Å². The van der Waals surface area contributed by atoms with Gasteiger partial charge in [-0.25, -0.2) is 0 Å². The molecule has 0 unspecified atom stereocenters. The summed E-state index contributed by atoms with van der Waals surface area (Å²) in [5.41, 5.74) is 7.19. The second-order valence-electron chi connectivity index (χ2n) is 3.14. The number of aliphatic hydroxyl groups is 1. The Bertz CT molecular complexity index is 240. The predicted molar refractivity (Wildman–Crippen MR) is 62.4 cm³/mol. The van der Waals surface area contributed by atoms with E-state index in [4.69, 9.17) is 10.8 Å². The number of nitrogens with two attached hydrogens (primary N) is 1. The van der Waals surface area contributed by atoms with Crippen LogP contribution in [-0.2, 0) is 0 Å². The van der Waals surface area contributed by atoms with Crippen molar-refractivity contribution in [2.75, 3.05) is 18.1 Å². The van der Waals surface area contributed by atoms with Crippen LogP contribution < -0.4 is 5.73 Å². The normalized spacial score (nSPS) is 12.7. The zero-order chi connectivity index (χ0) is 10.2. The van der Waals surface area contributed by atoms with Crippen LogP contribution in [0.15, 0.2) is 30.3 Å². The van der Waals surface area contributed by atoms with E-state index < -0.39 is 0 Å². The first-order chi connectivity index (χ1) is 6.84. The lowest BCUT2D eigenvalue weighted by Gasteiger charge is -2.10. The highest BCUT2D eigenvalue weighted by molar-refractivity contribution is 7.99. The highest BCUT2D eigenvalue weighted by Gasteiger charge is 2.03.